The van der Waals surface area contributed by atoms with Gasteiger partial charge in [-0.2, -0.15) is 0 Å². The fourth-order valence-corrected chi connectivity index (χ4v) is 6.98. The Morgan fingerprint density at radius 1 is 0.957 bits per heavy atom. The second-order valence-corrected chi connectivity index (χ2v) is 12.7. The van der Waals surface area contributed by atoms with E-state index >= 15 is 0 Å². The largest absolute Gasteiger partial charge is 0.493 e. The first-order valence-electron chi connectivity index (χ1n) is 15.9. The van der Waals surface area contributed by atoms with Crippen molar-refractivity contribution in [1.29, 1.82) is 0 Å². The molecule has 0 spiro atoms. The molecule has 2 N–H and O–H groups in total. The summed E-state index contributed by atoms with van der Waals surface area (Å²) in [6.45, 7) is 7.03. The molecular formula is C35H41Cl2FN4O4. The van der Waals surface area contributed by atoms with Gasteiger partial charge in [-0.3, -0.25) is 9.69 Å². The summed E-state index contributed by atoms with van der Waals surface area (Å²) in [5.74, 6) is -0.0682. The minimum absolute atomic E-state index is 0.102. The number of ether oxygens (including phenoxy) is 1. The number of hydrogen-bond donors (Lipinski definition) is 2. The van der Waals surface area contributed by atoms with Crippen molar-refractivity contribution in [3.8, 4) is 16.9 Å². The summed E-state index contributed by atoms with van der Waals surface area (Å²) in [4.78, 5) is 31.6. The lowest BCUT2D eigenvalue weighted by Gasteiger charge is -2.40. The van der Waals surface area contributed by atoms with E-state index in [0.717, 1.165) is 42.7 Å². The number of rotatable bonds is 11. The number of nitrogens with zero attached hydrogens (tertiary/aromatic N) is 3. The number of piperidine rings is 1. The summed E-state index contributed by atoms with van der Waals surface area (Å²) in [6, 6.07) is 17.7. The van der Waals surface area contributed by atoms with Gasteiger partial charge in [0.15, 0.2) is 0 Å². The molecule has 8 nitrogen and oxygen atoms in total. The zero-order chi connectivity index (χ0) is 32.6. The van der Waals surface area contributed by atoms with Crippen molar-refractivity contribution in [2.75, 3.05) is 52.4 Å². The van der Waals surface area contributed by atoms with Crippen LogP contribution in [0, 0.1) is 11.7 Å². The van der Waals surface area contributed by atoms with Crippen LogP contribution in [-0.4, -0.2) is 90.3 Å². The zero-order valence-electron chi connectivity index (χ0n) is 26.1. The Labute approximate surface area is 280 Å². The fourth-order valence-electron chi connectivity index (χ4n) is 6.54. The summed E-state index contributed by atoms with van der Waals surface area (Å²) in [6.07, 6.45) is 0.995. The van der Waals surface area contributed by atoms with Crippen LogP contribution in [0.4, 0.5) is 9.18 Å². The van der Waals surface area contributed by atoms with Crippen LogP contribution < -0.4 is 10.1 Å². The first-order chi connectivity index (χ1) is 22.2. The minimum Gasteiger partial charge on any atom is -0.493 e. The smallest absolute Gasteiger partial charge is 0.405 e. The molecule has 246 valence electrons. The van der Waals surface area contributed by atoms with Crippen LogP contribution in [-0.2, 0) is 17.8 Å². The van der Waals surface area contributed by atoms with Crippen molar-refractivity contribution in [1.82, 2.24) is 20.0 Å². The lowest BCUT2D eigenvalue weighted by molar-refractivity contribution is -0.137. The molecule has 5 rings (SSSR count). The number of hydrogen-bond acceptors (Lipinski definition) is 5. The third-order valence-electron chi connectivity index (χ3n) is 9.02. The highest BCUT2D eigenvalue weighted by atomic mass is 35.5. The van der Waals surface area contributed by atoms with Crippen LogP contribution in [0.3, 0.4) is 0 Å². The fraction of sp³-hybridized carbons (Fsp3) is 0.429. The van der Waals surface area contributed by atoms with Gasteiger partial charge in [-0.25, -0.2) is 9.18 Å². The number of carbonyl (C=O) groups is 2. The molecule has 0 radical (unpaired) electrons. The molecule has 46 heavy (non-hydrogen) atoms. The number of likely N-dealkylation sites (tertiary alicyclic amines) is 1. The minimum atomic E-state index is -1.20. The van der Waals surface area contributed by atoms with Gasteiger partial charge in [-0.15, -0.1) is 0 Å². The quantitative estimate of drug-likeness (QED) is 0.245. The van der Waals surface area contributed by atoms with Gasteiger partial charge >= 0.3 is 6.09 Å². The zero-order valence-corrected chi connectivity index (χ0v) is 27.6. The first kappa shape index (κ1) is 34.0. The molecule has 3 aromatic rings. The molecule has 2 amide bonds. The highest BCUT2D eigenvalue weighted by Crippen LogP contribution is 2.33. The van der Waals surface area contributed by atoms with E-state index in [1.807, 2.05) is 49.4 Å². The predicted octanol–water partition coefficient (Wildman–Crippen LogP) is 6.43. The number of carbonyl (C=O) groups excluding carboxylic acids is 1. The third kappa shape index (κ3) is 8.50. The molecule has 3 aromatic carbocycles. The Kier molecular flexibility index (Phi) is 11.8. The van der Waals surface area contributed by atoms with Gasteiger partial charge in [0, 0.05) is 60.4 Å². The van der Waals surface area contributed by atoms with Crippen molar-refractivity contribution in [2.24, 2.45) is 5.92 Å². The SMILES string of the molecule is CCOc1cccc(F)c1CN1CCN(C(=O)C(NC(=O)O)C2CCN(CCc3cc(Cl)ccc3-c3ccccc3Cl)CC2)CC1. The summed E-state index contributed by atoms with van der Waals surface area (Å²) < 4.78 is 20.2. The highest BCUT2D eigenvalue weighted by Gasteiger charge is 2.36. The molecular weight excluding hydrogens is 630 g/mol. The number of amides is 2. The van der Waals surface area contributed by atoms with Gasteiger partial charge in [0.25, 0.3) is 0 Å². The average Bonchev–Trinajstić information content (AvgIpc) is 3.05. The molecule has 2 heterocycles. The van der Waals surface area contributed by atoms with Gasteiger partial charge in [0.2, 0.25) is 5.91 Å². The highest BCUT2D eigenvalue weighted by molar-refractivity contribution is 6.33. The van der Waals surface area contributed by atoms with Gasteiger partial charge in [0.1, 0.15) is 17.6 Å². The topological polar surface area (TPSA) is 85.3 Å². The Morgan fingerprint density at radius 2 is 1.70 bits per heavy atom. The van der Waals surface area contributed by atoms with E-state index in [4.69, 9.17) is 27.9 Å². The Hall–Kier alpha value is -3.37. The van der Waals surface area contributed by atoms with Crippen LogP contribution in [0.15, 0.2) is 60.7 Å². The van der Waals surface area contributed by atoms with Crippen molar-refractivity contribution >= 4 is 35.2 Å². The summed E-state index contributed by atoms with van der Waals surface area (Å²) >= 11 is 12.9. The Balaban J connectivity index is 1.16. The molecule has 1 unspecified atom stereocenters. The van der Waals surface area contributed by atoms with Crippen molar-refractivity contribution < 1.29 is 23.8 Å². The van der Waals surface area contributed by atoms with Gasteiger partial charge < -0.3 is 25.0 Å². The van der Waals surface area contributed by atoms with Crippen molar-refractivity contribution in [3.05, 3.63) is 87.7 Å². The lowest BCUT2D eigenvalue weighted by atomic mass is 9.88. The molecule has 0 saturated carbocycles. The molecule has 11 heteroatoms. The van der Waals surface area contributed by atoms with E-state index in [1.165, 1.54) is 6.07 Å². The van der Waals surface area contributed by atoms with E-state index in [-0.39, 0.29) is 17.6 Å². The van der Waals surface area contributed by atoms with Crippen LogP contribution >= 0.6 is 23.2 Å². The number of benzene rings is 3. The van der Waals surface area contributed by atoms with E-state index in [1.54, 1.807) is 17.0 Å². The summed E-state index contributed by atoms with van der Waals surface area (Å²) in [7, 11) is 0. The molecule has 0 bridgehead atoms. The molecule has 2 fully saturated rings. The monoisotopic (exact) mass is 670 g/mol. The maximum Gasteiger partial charge on any atom is 0.405 e. The predicted molar refractivity (Wildman–Crippen MR) is 179 cm³/mol. The molecule has 1 atom stereocenters. The second-order valence-electron chi connectivity index (χ2n) is 11.9. The molecule has 0 aromatic heterocycles. The van der Waals surface area contributed by atoms with Crippen LogP contribution in [0.1, 0.15) is 30.9 Å². The standard InChI is InChI=1S/C35H41Cl2FN4O4/c1-2-46-32-9-5-8-31(38)29(32)23-41-18-20-42(21-19-41)34(43)33(39-35(44)45)24-12-15-40(16-13-24)17-14-25-22-26(36)10-11-27(25)28-6-3-4-7-30(28)37/h3-11,22,24,33,39H,2,12-21,23H2,1H3,(H,44,45). The summed E-state index contributed by atoms with van der Waals surface area (Å²) in [5.41, 5.74) is 3.66. The normalized spacial score (nSPS) is 17.1. The maximum absolute atomic E-state index is 14.6. The van der Waals surface area contributed by atoms with Gasteiger partial charge in [-0.05, 0) is 86.7 Å². The molecule has 0 aliphatic carbocycles. The van der Waals surface area contributed by atoms with E-state index in [2.05, 4.69) is 15.1 Å². The van der Waals surface area contributed by atoms with E-state index in [9.17, 15) is 19.1 Å². The maximum atomic E-state index is 14.6. The van der Waals surface area contributed by atoms with Gasteiger partial charge in [-0.1, -0.05) is 53.5 Å². The van der Waals surface area contributed by atoms with E-state index < -0.39 is 12.1 Å². The van der Waals surface area contributed by atoms with Crippen molar-refractivity contribution in [3.63, 3.8) is 0 Å². The van der Waals surface area contributed by atoms with Crippen LogP contribution in [0.2, 0.25) is 10.0 Å². The van der Waals surface area contributed by atoms with Crippen LogP contribution in [0.25, 0.3) is 11.1 Å². The number of piperazine rings is 1. The van der Waals surface area contributed by atoms with E-state index in [0.29, 0.717) is 73.5 Å². The van der Waals surface area contributed by atoms with Gasteiger partial charge in [0.05, 0.1) is 6.61 Å². The average molecular weight is 672 g/mol. The number of halogens is 3. The Bertz CT molecular complexity index is 1510. The lowest BCUT2D eigenvalue weighted by Crippen LogP contribution is -2.58. The number of nitrogens with one attached hydrogen (secondary N) is 1. The summed E-state index contributed by atoms with van der Waals surface area (Å²) in [5, 5.41) is 13.5. The molecule has 2 aliphatic heterocycles. The molecule has 2 aliphatic rings. The Morgan fingerprint density at radius 3 is 2.39 bits per heavy atom. The first-order valence-corrected chi connectivity index (χ1v) is 16.7. The second kappa shape index (κ2) is 16.0. The molecule has 2 saturated heterocycles. The number of carboxylic acid groups (broad SMARTS) is 1. The van der Waals surface area contributed by atoms with Crippen molar-refractivity contribution in [2.45, 2.75) is 38.8 Å². The third-order valence-corrected chi connectivity index (χ3v) is 9.58. The van der Waals surface area contributed by atoms with Crippen LogP contribution in [0.5, 0.6) is 5.75 Å².